The summed E-state index contributed by atoms with van der Waals surface area (Å²) in [6.07, 6.45) is 2.70. The summed E-state index contributed by atoms with van der Waals surface area (Å²) >= 11 is 0. The molecule has 2 aromatic carbocycles. The number of benzene rings is 2. The minimum atomic E-state index is 0.0822. The molecule has 1 aliphatic rings. The molecule has 0 aliphatic carbocycles. The average molecular weight is 370 g/mol. The number of carbonyl (C=O) groups excluding carboxylic acids is 1. The number of amides is 1. The number of nitriles is 1. The molecule has 0 N–H and O–H groups in total. The van der Waals surface area contributed by atoms with Crippen molar-refractivity contribution < 1.29 is 4.79 Å². The van der Waals surface area contributed by atoms with E-state index >= 15 is 0 Å². The Balaban J connectivity index is 1.44. The lowest BCUT2D eigenvalue weighted by Gasteiger charge is -2.22. The standard InChI is InChI=1S/C23H22N4O/c24-16-18-7-9-19(10-8-18)17-26-12-3-13-27(15-14-26)23(28)21-4-1-6-22-20(21)5-2-11-25-22/h1-2,4-11H,3,12-15,17H2. The summed E-state index contributed by atoms with van der Waals surface area (Å²) in [6, 6.07) is 19.5. The molecule has 0 spiro atoms. The first kappa shape index (κ1) is 18.1. The lowest BCUT2D eigenvalue weighted by atomic mass is 10.1. The molecule has 0 saturated carbocycles. The van der Waals surface area contributed by atoms with Crippen LogP contribution in [0, 0.1) is 11.3 Å². The smallest absolute Gasteiger partial charge is 0.254 e. The normalized spacial score (nSPS) is 15.2. The van der Waals surface area contributed by atoms with Crippen LogP contribution < -0.4 is 0 Å². The Labute approximate surface area is 164 Å². The number of fused-ring (bicyclic) bond motifs is 1. The van der Waals surface area contributed by atoms with Gasteiger partial charge in [0.05, 0.1) is 17.1 Å². The minimum Gasteiger partial charge on any atom is -0.337 e. The largest absolute Gasteiger partial charge is 0.337 e. The Morgan fingerprint density at radius 2 is 1.86 bits per heavy atom. The maximum atomic E-state index is 13.2. The zero-order valence-corrected chi connectivity index (χ0v) is 15.7. The van der Waals surface area contributed by atoms with Gasteiger partial charge in [0.1, 0.15) is 0 Å². The first-order chi connectivity index (χ1) is 13.7. The van der Waals surface area contributed by atoms with Crippen molar-refractivity contribution in [2.24, 2.45) is 0 Å². The van der Waals surface area contributed by atoms with Crippen molar-refractivity contribution in [3.05, 3.63) is 77.5 Å². The zero-order chi connectivity index (χ0) is 19.3. The van der Waals surface area contributed by atoms with Crippen molar-refractivity contribution in [2.45, 2.75) is 13.0 Å². The van der Waals surface area contributed by atoms with E-state index < -0.39 is 0 Å². The minimum absolute atomic E-state index is 0.0822. The summed E-state index contributed by atoms with van der Waals surface area (Å²) in [5.41, 5.74) is 3.46. The highest BCUT2D eigenvalue weighted by atomic mass is 16.2. The van der Waals surface area contributed by atoms with Crippen LogP contribution in [0.2, 0.25) is 0 Å². The van der Waals surface area contributed by atoms with E-state index in [1.54, 1.807) is 6.20 Å². The van der Waals surface area contributed by atoms with Crippen molar-refractivity contribution in [3.8, 4) is 6.07 Å². The molecule has 3 aromatic rings. The Morgan fingerprint density at radius 1 is 1.00 bits per heavy atom. The summed E-state index contributed by atoms with van der Waals surface area (Å²) in [5.74, 6) is 0.0822. The van der Waals surface area contributed by atoms with Gasteiger partial charge in [-0.3, -0.25) is 14.7 Å². The van der Waals surface area contributed by atoms with Crippen LogP contribution in [0.5, 0.6) is 0 Å². The third kappa shape index (κ3) is 3.88. The van der Waals surface area contributed by atoms with Crippen molar-refractivity contribution >= 4 is 16.8 Å². The first-order valence-corrected chi connectivity index (χ1v) is 9.59. The Morgan fingerprint density at radius 3 is 2.68 bits per heavy atom. The zero-order valence-electron chi connectivity index (χ0n) is 15.7. The predicted octanol–water partition coefficient (Wildman–Crippen LogP) is 3.45. The van der Waals surface area contributed by atoms with Gasteiger partial charge in [-0.2, -0.15) is 5.26 Å². The van der Waals surface area contributed by atoms with Gasteiger partial charge in [0.25, 0.3) is 5.91 Å². The molecular weight excluding hydrogens is 348 g/mol. The maximum Gasteiger partial charge on any atom is 0.254 e. The van der Waals surface area contributed by atoms with Crippen LogP contribution in [0.3, 0.4) is 0 Å². The number of nitrogens with zero attached hydrogens (tertiary/aromatic N) is 4. The molecule has 140 valence electrons. The number of rotatable bonds is 3. The monoisotopic (exact) mass is 370 g/mol. The molecule has 1 aliphatic heterocycles. The van der Waals surface area contributed by atoms with E-state index in [1.807, 2.05) is 59.5 Å². The van der Waals surface area contributed by atoms with Crippen molar-refractivity contribution in [3.63, 3.8) is 0 Å². The molecule has 28 heavy (non-hydrogen) atoms. The van der Waals surface area contributed by atoms with Crippen LogP contribution in [-0.2, 0) is 6.54 Å². The molecule has 1 amide bonds. The SMILES string of the molecule is N#Cc1ccc(CN2CCCN(C(=O)c3cccc4ncccc34)CC2)cc1. The number of carbonyl (C=O) groups is 1. The highest BCUT2D eigenvalue weighted by Gasteiger charge is 2.21. The third-order valence-electron chi connectivity index (χ3n) is 5.24. The van der Waals surface area contributed by atoms with E-state index in [-0.39, 0.29) is 5.91 Å². The highest BCUT2D eigenvalue weighted by Crippen LogP contribution is 2.19. The van der Waals surface area contributed by atoms with Crippen molar-refractivity contribution in [1.29, 1.82) is 5.26 Å². The molecule has 1 fully saturated rings. The summed E-state index contributed by atoms with van der Waals surface area (Å²) in [5, 5.41) is 9.84. The van der Waals surface area contributed by atoms with Gasteiger partial charge in [-0.15, -0.1) is 0 Å². The molecule has 1 aromatic heterocycles. The van der Waals surface area contributed by atoms with Gasteiger partial charge >= 0.3 is 0 Å². The number of hydrogen-bond acceptors (Lipinski definition) is 4. The van der Waals surface area contributed by atoms with Gasteiger partial charge in [-0.25, -0.2) is 0 Å². The summed E-state index contributed by atoms with van der Waals surface area (Å²) in [7, 11) is 0. The van der Waals surface area contributed by atoms with E-state index in [2.05, 4.69) is 16.0 Å². The molecule has 0 bridgehead atoms. The number of aromatic nitrogens is 1. The van der Waals surface area contributed by atoms with E-state index in [9.17, 15) is 4.79 Å². The van der Waals surface area contributed by atoms with Crippen molar-refractivity contribution in [2.75, 3.05) is 26.2 Å². The number of pyridine rings is 1. The topological polar surface area (TPSA) is 60.2 Å². The molecule has 5 heteroatoms. The fraction of sp³-hybridized carbons (Fsp3) is 0.261. The van der Waals surface area contributed by atoms with E-state index in [0.717, 1.165) is 49.1 Å². The van der Waals surface area contributed by atoms with Gasteiger partial charge in [-0.1, -0.05) is 24.3 Å². The highest BCUT2D eigenvalue weighted by molar-refractivity contribution is 6.06. The molecule has 0 atom stereocenters. The van der Waals surface area contributed by atoms with Crippen LogP contribution in [0.15, 0.2) is 60.8 Å². The van der Waals surface area contributed by atoms with Crippen LogP contribution in [0.4, 0.5) is 0 Å². The first-order valence-electron chi connectivity index (χ1n) is 9.59. The summed E-state index contributed by atoms with van der Waals surface area (Å²) < 4.78 is 0. The van der Waals surface area contributed by atoms with Crippen LogP contribution in [0.1, 0.15) is 27.9 Å². The lowest BCUT2D eigenvalue weighted by molar-refractivity contribution is 0.0763. The number of hydrogen-bond donors (Lipinski definition) is 0. The van der Waals surface area contributed by atoms with Crippen LogP contribution >= 0.6 is 0 Å². The van der Waals surface area contributed by atoms with Gasteiger partial charge in [0.15, 0.2) is 0 Å². The fourth-order valence-electron chi connectivity index (χ4n) is 3.74. The van der Waals surface area contributed by atoms with Crippen LogP contribution in [0.25, 0.3) is 10.9 Å². The molecule has 1 saturated heterocycles. The summed E-state index contributed by atoms with van der Waals surface area (Å²) in [4.78, 5) is 21.8. The molecular formula is C23H22N4O. The third-order valence-corrected chi connectivity index (χ3v) is 5.24. The molecule has 5 nitrogen and oxygen atoms in total. The average Bonchev–Trinajstić information content (AvgIpc) is 2.99. The second-order valence-corrected chi connectivity index (χ2v) is 7.11. The Kier molecular flexibility index (Phi) is 5.31. The quantitative estimate of drug-likeness (QED) is 0.708. The second kappa shape index (κ2) is 8.20. The fourth-order valence-corrected chi connectivity index (χ4v) is 3.74. The molecule has 0 unspecified atom stereocenters. The Bertz CT molecular complexity index is 1020. The summed E-state index contributed by atoms with van der Waals surface area (Å²) in [6.45, 7) is 4.12. The van der Waals surface area contributed by atoms with Gasteiger partial charge in [0.2, 0.25) is 0 Å². The van der Waals surface area contributed by atoms with E-state index in [4.69, 9.17) is 5.26 Å². The Hall–Kier alpha value is -3.23. The second-order valence-electron chi connectivity index (χ2n) is 7.11. The lowest BCUT2D eigenvalue weighted by Crippen LogP contribution is -2.35. The predicted molar refractivity (Wildman–Crippen MR) is 109 cm³/mol. The molecule has 0 radical (unpaired) electrons. The van der Waals surface area contributed by atoms with Gasteiger partial charge in [0, 0.05) is 49.9 Å². The van der Waals surface area contributed by atoms with Crippen molar-refractivity contribution in [1.82, 2.24) is 14.8 Å². The van der Waals surface area contributed by atoms with Gasteiger partial charge in [-0.05, 0) is 42.3 Å². The van der Waals surface area contributed by atoms with Gasteiger partial charge < -0.3 is 4.90 Å². The molecule has 4 rings (SSSR count). The van der Waals surface area contributed by atoms with Crippen LogP contribution in [-0.4, -0.2) is 46.9 Å². The maximum absolute atomic E-state index is 13.2. The van der Waals surface area contributed by atoms with E-state index in [0.29, 0.717) is 12.1 Å². The molecule has 2 heterocycles. The van der Waals surface area contributed by atoms with E-state index in [1.165, 1.54) is 5.56 Å².